The fourth-order valence-corrected chi connectivity index (χ4v) is 3.46. The summed E-state index contributed by atoms with van der Waals surface area (Å²) >= 11 is 1.66. The van der Waals surface area contributed by atoms with Crippen molar-refractivity contribution in [3.8, 4) is 11.4 Å². The molecular weight excluding hydrogens is 334 g/mol. The first-order valence-corrected chi connectivity index (χ1v) is 9.30. The molecule has 126 valence electrons. The number of rotatable bonds is 4. The zero-order valence-electron chi connectivity index (χ0n) is 13.8. The normalized spacial score (nSPS) is 17.2. The zero-order chi connectivity index (χ0) is 17.2. The maximum atomic E-state index is 12.5. The maximum absolute atomic E-state index is 12.5. The lowest BCUT2D eigenvalue weighted by Crippen LogP contribution is -2.24. The van der Waals surface area contributed by atoms with Crippen molar-refractivity contribution in [2.24, 2.45) is 0 Å². The van der Waals surface area contributed by atoms with E-state index >= 15 is 0 Å². The summed E-state index contributed by atoms with van der Waals surface area (Å²) in [6.07, 6.45) is 2.41. The minimum atomic E-state index is -0.0737. The number of amides is 1. The second-order valence-corrected chi connectivity index (χ2v) is 6.81. The molecule has 1 fully saturated rings. The van der Waals surface area contributed by atoms with Gasteiger partial charge in [0.25, 0.3) is 0 Å². The van der Waals surface area contributed by atoms with E-state index in [1.54, 1.807) is 16.7 Å². The first-order valence-electron chi connectivity index (χ1n) is 8.08. The lowest BCUT2D eigenvalue weighted by Gasteiger charge is -2.16. The number of carbonyl (C=O) groups excluding carboxylic acids is 1. The molecule has 0 bridgehead atoms. The number of carbonyl (C=O) groups is 1. The number of thioether (sulfide) groups is 1. The first-order chi connectivity index (χ1) is 12.2. The van der Waals surface area contributed by atoms with Crippen molar-refractivity contribution in [2.45, 2.75) is 17.2 Å². The number of anilines is 1. The highest BCUT2D eigenvalue weighted by Crippen LogP contribution is 2.33. The lowest BCUT2D eigenvalue weighted by atomic mass is 10.1. The molecule has 5 nitrogen and oxygen atoms in total. The van der Waals surface area contributed by atoms with Crippen LogP contribution in [0.4, 0.5) is 5.69 Å². The van der Waals surface area contributed by atoms with Gasteiger partial charge in [-0.1, -0.05) is 41.6 Å². The van der Waals surface area contributed by atoms with Crippen LogP contribution in [0, 0.1) is 0 Å². The molecule has 1 aliphatic heterocycles. The highest BCUT2D eigenvalue weighted by Gasteiger charge is 2.35. The van der Waals surface area contributed by atoms with Crippen LogP contribution in [-0.4, -0.2) is 28.8 Å². The molecule has 0 aliphatic carbocycles. The summed E-state index contributed by atoms with van der Waals surface area (Å²) in [6.45, 7) is 0.563. The fraction of sp³-hybridized carbons (Fsp3) is 0.211. The van der Waals surface area contributed by atoms with Crippen LogP contribution in [0.3, 0.4) is 0 Å². The molecule has 0 radical (unpaired) electrons. The zero-order valence-corrected chi connectivity index (χ0v) is 14.6. The topological polar surface area (TPSA) is 59.2 Å². The average molecular weight is 351 g/mol. The summed E-state index contributed by atoms with van der Waals surface area (Å²) in [5.74, 6) is 1.10. The van der Waals surface area contributed by atoms with Crippen LogP contribution >= 0.6 is 11.8 Å². The molecule has 2 heterocycles. The number of hydrogen-bond donors (Lipinski definition) is 0. The molecule has 2 aromatic carbocycles. The third kappa shape index (κ3) is 3.17. The highest BCUT2D eigenvalue weighted by atomic mass is 32.2. The highest BCUT2D eigenvalue weighted by molar-refractivity contribution is 7.98. The van der Waals surface area contributed by atoms with Gasteiger partial charge in [-0.05, 0) is 24.5 Å². The van der Waals surface area contributed by atoms with Crippen molar-refractivity contribution in [3.63, 3.8) is 0 Å². The van der Waals surface area contributed by atoms with E-state index in [1.807, 2.05) is 60.9 Å². The molecule has 1 amide bonds. The van der Waals surface area contributed by atoms with Gasteiger partial charge >= 0.3 is 0 Å². The van der Waals surface area contributed by atoms with E-state index in [-0.39, 0.29) is 11.8 Å². The van der Waals surface area contributed by atoms with Crippen LogP contribution in [-0.2, 0) is 4.79 Å². The monoisotopic (exact) mass is 351 g/mol. The number of hydrogen-bond acceptors (Lipinski definition) is 5. The Kier molecular flexibility index (Phi) is 4.28. The van der Waals surface area contributed by atoms with Crippen LogP contribution in [0.15, 0.2) is 64.0 Å². The molecule has 1 aliphatic rings. The summed E-state index contributed by atoms with van der Waals surface area (Å²) in [6, 6.07) is 17.7. The van der Waals surface area contributed by atoms with Gasteiger partial charge in [-0.15, -0.1) is 11.8 Å². The van der Waals surface area contributed by atoms with Crippen LogP contribution in [0.5, 0.6) is 0 Å². The third-order valence-electron chi connectivity index (χ3n) is 4.31. The molecule has 1 unspecified atom stereocenters. The van der Waals surface area contributed by atoms with E-state index in [9.17, 15) is 4.79 Å². The lowest BCUT2D eigenvalue weighted by molar-refractivity contribution is -0.117. The van der Waals surface area contributed by atoms with Crippen LogP contribution in [0.1, 0.15) is 18.2 Å². The number of benzene rings is 2. The molecule has 25 heavy (non-hydrogen) atoms. The predicted octanol–water partition coefficient (Wildman–Crippen LogP) is 3.98. The summed E-state index contributed by atoms with van der Waals surface area (Å²) in [7, 11) is 0. The van der Waals surface area contributed by atoms with Gasteiger partial charge in [0.2, 0.25) is 17.6 Å². The van der Waals surface area contributed by atoms with Crippen LogP contribution in [0.25, 0.3) is 11.4 Å². The van der Waals surface area contributed by atoms with E-state index in [0.717, 1.165) is 16.1 Å². The van der Waals surface area contributed by atoms with Gasteiger partial charge in [0, 0.05) is 29.1 Å². The van der Waals surface area contributed by atoms with Crippen LogP contribution < -0.4 is 4.90 Å². The number of aromatic nitrogens is 2. The molecule has 3 aromatic rings. The van der Waals surface area contributed by atoms with Crippen molar-refractivity contribution >= 4 is 23.4 Å². The molecule has 1 atom stereocenters. The smallest absolute Gasteiger partial charge is 0.232 e. The van der Waals surface area contributed by atoms with Gasteiger partial charge in [-0.3, -0.25) is 4.79 Å². The Morgan fingerprint density at radius 2 is 2.00 bits per heavy atom. The van der Waals surface area contributed by atoms with Gasteiger partial charge in [0.1, 0.15) is 0 Å². The predicted molar refractivity (Wildman–Crippen MR) is 97.7 cm³/mol. The van der Waals surface area contributed by atoms with Crippen molar-refractivity contribution in [2.75, 3.05) is 17.7 Å². The van der Waals surface area contributed by atoms with Gasteiger partial charge in [0.05, 0.1) is 5.92 Å². The van der Waals surface area contributed by atoms with Gasteiger partial charge in [-0.25, -0.2) is 0 Å². The molecule has 0 saturated carbocycles. The standard InChI is InChI=1S/C19H17N3O2S/c1-25-16-9-5-8-15(11-16)22-12-14(10-17(22)23)19-20-18(21-24-19)13-6-3-2-4-7-13/h2-9,11,14H,10,12H2,1H3. The van der Waals surface area contributed by atoms with E-state index in [0.29, 0.717) is 24.7 Å². The molecule has 0 N–H and O–H groups in total. The minimum absolute atomic E-state index is 0.0737. The largest absolute Gasteiger partial charge is 0.339 e. The third-order valence-corrected chi connectivity index (χ3v) is 5.04. The SMILES string of the molecule is CSc1cccc(N2CC(c3nc(-c4ccccc4)no3)CC2=O)c1. The Hall–Kier alpha value is -2.60. The summed E-state index contributed by atoms with van der Waals surface area (Å²) < 4.78 is 5.44. The fourth-order valence-electron chi connectivity index (χ4n) is 3.01. The second-order valence-electron chi connectivity index (χ2n) is 5.93. The van der Waals surface area contributed by atoms with Crippen molar-refractivity contribution in [1.82, 2.24) is 10.1 Å². The molecule has 6 heteroatoms. The summed E-state index contributed by atoms with van der Waals surface area (Å²) in [4.78, 5) is 19.9. The minimum Gasteiger partial charge on any atom is -0.339 e. The Balaban J connectivity index is 1.55. The Labute approximate surface area is 150 Å². The van der Waals surface area contributed by atoms with E-state index in [2.05, 4.69) is 10.1 Å². The van der Waals surface area contributed by atoms with Gasteiger partial charge in [-0.2, -0.15) is 4.98 Å². The van der Waals surface area contributed by atoms with Gasteiger partial charge < -0.3 is 9.42 Å². The average Bonchev–Trinajstić information content (AvgIpc) is 3.29. The van der Waals surface area contributed by atoms with E-state index in [4.69, 9.17) is 4.52 Å². The van der Waals surface area contributed by atoms with Crippen LogP contribution in [0.2, 0.25) is 0 Å². The van der Waals surface area contributed by atoms with Gasteiger partial charge in [0.15, 0.2) is 0 Å². The van der Waals surface area contributed by atoms with Crippen molar-refractivity contribution < 1.29 is 9.32 Å². The van der Waals surface area contributed by atoms with E-state index in [1.165, 1.54) is 0 Å². The molecule has 4 rings (SSSR count). The first kappa shape index (κ1) is 15.9. The molecular formula is C19H17N3O2S. The molecule has 1 saturated heterocycles. The Morgan fingerprint density at radius 3 is 2.80 bits per heavy atom. The Bertz CT molecular complexity index is 894. The molecule has 0 spiro atoms. The van der Waals surface area contributed by atoms with Crippen molar-refractivity contribution in [3.05, 3.63) is 60.5 Å². The maximum Gasteiger partial charge on any atom is 0.232 e. The van der Waals surface area contributed by atoms with Crippen molar-refractivity contribution in [1.29, 1.82) is 0 Å². The summed E-state index contributed by atoms with van der Waals surface area (Å²) in [5, 5.41) is 4.06. The Morgan fingerprint density at radius 1 is 1.16 bits per heavy atom. The summed E-state index contributed by atoms with van der Waals surface area (Å²) in [5.41, 5.74) is 1.83. The molecule has 1 aromatic heterocycles. The number of nitrogens with zero attached hydrogens (tertiary/aromatic N) is 3. The quantitative estimate of drug-likeness (QED) is 0.666. The second kappa shape index (κ2) is 6.72. The van der Waals surface area contributed by atoms with E-state index < -0.39 is 0 Å².